The average Bonchev–Trinajstić information content (AvgIpc) is 3.34. The fourth-order valence-electron chi connectivity index (χ4n) is 5.81. The molecule has 3 fully saturated rings. The van der Waals surface area contributed by atoms with Crippen LogP contribution in [0.4, 0.5) is 5.82 Å². The van der Waals surface area contributed by atoms with Gasteiger partial charge in [-0.2, -0.15) is 0 Å². The molecular formula is C26H35N5O2. The van der Waals surface area contributed by atoms with Crippen molar-refractivity contribution in [3.05, 3.63) is 30.1 Å². The first-order valence-electron chi connectivity index (χ1n) is 12.6. The first-order chi connectivity index (χ1) is 16.1. The molecule has 0 atom stereocenters. The predicted molar refractivity (Wildman–Crippen MR) is 129 cm³/mol. The number of fused-ring (bicyclic) bond motifs is 1. The van der Waals surface area contributed by atoms with Gasteiger partial charge in [-0.1, -0.05) is 11.6 Å². The van der Waals surface area contributed by atoms with Crippen molar-refractivity contribution in [2.75, 3.05) is 38.0 Å². The largest absolute Gasteiger partial charge is 0.362 e. The molecule has 7 heteroatoms. The van der Waals surface area contributed by atoms with Crippen LogP contribution in [0.3, 0.4) is 0 Å². The fourth-order valence-corrected chi connectivity index (χ4v) is 5.81. The third-order valence-corrected chi connectivity index (χ3v) is 7.73. The Bertz CT molecular complexity index is 1000. The molecule has 0 radical (unpaired) electrons. The van der Waals surface area contributed by atoms with Gasteiger partial charge in [0.25, 0.3) is 0 Å². The number of ketones is 1. The molecule has 1 aliphatic carbocycles. The third-order valence-electron chi connectivity index (χ3n) is 7.73. The lowest BCUT2D eigenvalue weighted by Crippen LogP contribution is -2.54. The van der Waals surface area contributed by atoms with Gasteiger partial charge in [-0.25, -0.2) is 9.97 Å². The Hall–Kier alpha value is -2.54. The maximum Gasteiger partial charge on any atom is 0.225 e. The number of carbonyl (C=O) groups excluding carboxylic acids is 2. The van der Waals surface area contributed by atoms with Gasteiger partial charge in [0.1, 0.15) is 12.1 Å². The first kappa shape index (κ1) is 22.3. The Labute approximate surface area is 195 Å². The van der Waals surface area contributed by atoms with E-state index in [4.69, 9.17) is 0 Å². The fraction of sp³-hybridized carbons (Fsp3) is 0.615. The lowest BCUT2D eigenvalue weighted by atomic mass is 9.81. The molecule has 2 aliphatic heterocycles. The van der Waals surface area contributed by atoms with E-state index >= 15 is 0 Å². The van der Waals surface area contributed by atoms with Gasteiger partial charge in [0.2, 0.25) is 5.91 Å². The minimum absolute atomic E-state index is 0.235. The molecule has 1 amide bonds. The van der Waals surface area contributed by atoms with Gasteiger partial charge in [-0.05, 0) is 63.5 Å². The molecular weight excluding hydrogens is 414 g/mol. The Morgan fingerprint density at radius 2 is 1.82 bits per heavy atom. The monoisotopic (exact) mass is 449 g/mol. The summed E-state index contributed by atoms with van der Waals surface area (Å²) in [5, 5.41) is 4.19. The lowest BCUT2D eigenvalue weighted by Gasteiger charge is -2.46. The summed E-state index contributed by atoms with van der Waals surface area (Å²) in [6.45, 7) is 6.29. The molecule has 1 aromatic carbocycles. The minimum Gasteiger partial charge on any atom is -0.362 e. The lowest BCUT2D eigenvalue weighted by molar-refractivity contribution is -0.136. The topological polar surface area (TPSA) is 78.4 Å². The highest BCUT2D eigenvalue weighted by atomic mass is 16.2. The van der Waals surface area contributed by atoms with Crippen molar-refractivity contribution in [2.45, 2.75) is 57.9 Å². The van der Waals surface area contributed by atoms with Crippen LogP contribution in [0.5, 0.6) is 0 Å². The summed E-state index contributed by atoms with van der Waals surface area (Å²) in [7, 11) is 0. The zero-order chi connectivity index (χ0) is 22.8. The quantitative estimate of drug-likeness (QED) is 0.698. The number of anilines is 1. The van der Waals surface area contributed by atoms with E-state index in [2.05, 4.69) is 31.2 Å². The SMILES string of the molecule is Cc1ccc2ncnc(NCC(=O)CC3CN(C4CCC(C(=O)N5CCCC5)CC4)C3)c2c1. The molecule has 1 aromatic heterocycles. The molecule has 2 aromatic rings. The molecule has 3 heterocycles. The first-order valence-corrected chi connectivity index (χ1v) is 12.6. The van der Waals surface area contributed by atoms with Gasteiger partial charge < -0.3 is 10.2 Å². The molecule has 5 rings (SSSR count). The number of nitrogens with one attached hydrogen (secondary N) is 1. The number of carbonyl (C=O) groups is 2. The molecule has 7 nitrogen and oxygen atoms in total. The predicted octanol–water partition coefficient (Wildman–Crippen LogP) is 3.42. The summed E-state index contributed by atoms with van der Waals surface area (Å²) in [6, 6.07) is 6.66. The van der Waals surface area contributed by atoms with Gasteiger partial charge in [-0.15, -0.1) is 0 Å². The Morgan fingerprint density at radius 3 is 2.58 bits per heavy atom. The van der Waals surface area contributed by atoms with E-state index < -0.39 is 0 Å². The summed E-state index contributed by atoms with van der Waals surface area (Å²) in [5.74, 6) is 2.06. The van der Waals surface area contributed by atoms with Gasteiger partial charge in [0.05, 0.1) is 12.1 Å². The van der Waals surface area contributed by atoms with Gasteiger partial charge in [-0.3, -0.25) is 14.5 Å². The Balaban J connectivity index is 1.03. The number of hydrogen-bond donors (Lipinski definition) is 1. The van der Waals surface area contributed by atoms with Crippen molar-refractivity contribution in [3.8, 4) is 0 Å². The number of nitrogens with zero attached hydrogens (tertiary/aromatic N) is 4. The number of aryl methyl sites for hydroxylation is 1. The van der Waals surface area contributed by atoms with E-state index in [1.165, 1.54) is 12.8 Å². The number of amides is 1. The maximum absolute atomic E-state index is 12.6. The molecule has 1 saturated carbocycles. The van der Waals surface area contributed by atoms with Crippen LogP contribution < -0.4 is 5.32 Å². The second-order valence-corrected chi connectivity index (χ2v) is 10.2. The number of rotatable bonds is 7. The van der Waals surface area contributed by atoms with Crippen molar-refractivity contribution >= 4 is 28.4 Å². The zero-order valence-corrected chi connectivity index (χ0v) is 19.6. The third kappa shape index (κ3) is 5.03. The molecule has 0 unspecified atom stereocenters. The number of aromatic nitrogens is 2. The molecule has 2 saturated heterocycles. The van der Waals surface area contributed by atoms with Crippen LogP contribution >= 0.6 is 0 Å². The number of likely N-dealkylation sites (tertiary alicyclic amines) is 2. The smallest absolute Gasteiger partial charge is 0.225 e. The van der Waals surface area contributed by atoms with Crippen LogP contribution in [0.25, 0.3) is 10.9 Å². The van der Waals surface area contributed by atoms with Gasteiger partial charge >= 0.3 is 0 Å². The van der Waals surface area contributed by atoms with Crippen LogP contribution in [0, 0.1) is 18.8 Å². The highest BCUT2D eigenvalue weighted by Crippen LogP contribution is 2.34. The maximum atomic E-state index is 12.6. The normalized spacial score (nSPS) is 24.1. The van der Waals surface area contributed by atoms with Gasteiger partial charge in [0.15, 0.2) is 5.78 Å². The number of hydrogen-bond acceptors (Lipinski definition) is 6. The van der Waals surface area contributed by atoms with Crippen molar-refractivity contribution in [2.24, 2.45) is 11.8 Å². The molecule has 0 spiro atoms. The van der Waals surface area contributed by atoms with Crippen molar-refractivity contribution in [1.82, 2.24) is 19.8 Å². The molecule has 176 valence electrons. The minimum atomic E-state index is 0.235. The van der Waals surface area contributed by atoms with E-state index in [1.807, 2.05) is 19.1 Å². The number of Topliss-reactive ketones (excluding diaryl/α,β-unsaturated/α-hetero) is 1. The van der Waals surface area contributed by atoms with Gasteiger partial charge in [0, 0.05) is 49.9 Å². The Kier molecular flexibility index (Phi) is 6.58. The summed E-state index contributed by atoms with van der Waals surface area (Å²) in [4.78, 5) is 38.5. The van der Waals surface area contributed by atoms with Crippen molar-refractivity contribution < 1.29 is 9.59 Å². The summed E-state index contributed by atoms with van der Waals surface area (Å²) in [6.07, 6.45) is 8.78. The van der Waals surface area contributed by atoms with Crippen LogP contribution in [-0.4, -0.2) is 70.2 Å². The van der Waals surface area contributed by atoms with Crippen LogP contribution in [0.15, 0.2) is 24.5 Å². The van der Waals surface area contributed by atoms with Crippen molar-refractivity contribution in [3.63, 3.8) is 0 Å². The second kappa shape index (κ2) is 9.75. The van der Waals surface area contributed by atoms with Crippen LogP contribution in [-0.2, 0) is 9.59 Å². The van der Waals surface area contributed by atoms with Crippen molar-refractivity contribution in [1.29, 1.82) is 0 Å². The number of benzene rings is 1. The highest BCUT2D eigenvalue weighted by molar-refractivity contribution is 5.91. The molecule has 3 aliphatic rings. The summed E-state index contributed by atoms with van der Waals surface area (Å²) in [5.41, 5.74) is 2.03. The van der Waals surface area contributed by atoms with E-state index in [-0.39, 0.29) is 11.7 Å². The Morgan fingerprint density at radius 1 is 1.06 bits per heavy atom. The van der Waals surface area contributed by atoms with E-state index in [0.29, 0.717) is 30.8 Å². The summed E-state index contributed by atoms with van der Waals surface area (Å²) < 4.78 is 0. The zero-order valence-electron chi connectivity index (χ0n) is 19.6. The van der Waals surface area contributed by atoms with Crippen LogP contribution in [0.1, 0.15) is 50.5 Å². The van der Waals surface area contributed by atoms with Crippen LogP contribution in [0.2, 0.25) is 0 Å². The summed E-state index contributed by atoms with van der Waals surface area (Å²) >= 11 is 0. The standard InChI is InChI=1S/C26H35N5O2/c1-18-4-9-24-23(12-18)25(29-17-28-24)27-14-22(32)13-19-15-31(16-19)21-7-5-20(6-8-21)26(33)30-10-2-3-11-30/h4,9,12,17,19-21H,2-3,5-8,10-11,13-16H2,1H3,(H,27,28,29). The average molecular weight is 450 g/mol. The highest BCUT2D eigenvalue weighted by Gasteiger charge is 2.37. The molecule has 33 heavy (non-hydrogen) atoms. The van der Waals surface area contributed by atoms with E-state index in [9.17, 15) is 9.59 Å². The van der Waals surface area contributed by atoms with E-state index in [0.717, 1.165) is 74.1 Å². The molecule has 0 bridgehead atoms. The van der Waals surface area contributed by atoms with E-state index in [1.54, 1.807) is 6.33 Å². The second-order valence-electron chi connectivity index (χ2n) is 10.2. The molecule has 1 N–H and O–H groups in total.